The number of aromatic amines is 1. The van der Waals surface area contributed by atoms with Gasteiger partial charge in [0.1, 0.15) is 5.69 Å². The number of aromatic nitrogens is 1. The summed E-state index contributed by atoms with van der Waals surface area (Å²) < 4.78 is 0. The van der Waals surface area contributed by atoms with Gasteiger partial charge in [-0.05, 0) is 0 Å². The molecule has 1 heterocycles. The molecule has 0 saturated carbocycles. The zero-order chi connectivity index (χ0) is 9.14. The molecular formula is C5H5N3O4. The van der Waals surface area contributed by atoms with Gasteiger partial charge in [-0.25, -0.2) is 5.48 Å². The second-order valence-electron chi connectivity index (χ2n) is 1.97. The average Bonchev–Trinajstić information content (AvgIpc) is 2.51. The molecular weight excluding hydrogens is 166 g/mol. The van der Waals surface area contributed by atoms with E-state index in [-0.39, 0.29) is 11.4 Å². The number of nitro groups is 1. The molecule has 0 aliphatic rings. The number of hydrogen-bond acceptors (Lipinski definition) is 4. The minimum Gasteiger partial charge on any atom is -0.351 e. The Balaban J connectivity index is 2.91. The van der Waals surface area contributed by atoms with Gasteiger partial charge in [-0.2, -0.15) is 0 Å². The van der Waals surface area contributed by atoms with Gasteiger partial charge in [0.05, 0.1) is 11.1 Å². The minimum atomic E-state index is -0.817. The van der Waals surface area contributed by atoms with Gasteiger partial charge in [0.15, 0.2) is 0 Å². The molecule has 7 heteroatoms. The molecule has 64 valence electrons. The van der Waals surface area contributed by atoms with Crippen LogP contribution in [-0.2, 0) is 0 Å². The second kappa shape index (κ2) is 3.01. The molecule has 0 fully saturated rings. The first-order chi connectivity index (χ1) is 5.65. The average molecular weight is 171 g/mol. The minimum absolute atomic E-state index is 0.0656. The SMILES string of the molecule is O=C(NO)c1cc([N+](=O)[O-])c[nH]1. The summed E-state index contributed by atoms with van der Waals surface area (Å²) in [6.45, 7) is 0. The highest BCUT2D eigenvalue weighted by atomic mass is 16.6. The van der Waals surface area contributed by atoms with Crippen LogP contribution < -0.4 is 5.48 Å². The van der Waals surface area contributed by atoms with E-state index >= 15 is 0 Å². The van der Waals surface area contributed by atoms with Crippen molar-refractivity contribution in [3.05, 3.63) is 28.1 Å². The normalized spacial score (nSPS) is 9.42. The molecule has 0 aromatic carbocycles. The number of carbonyl (C=O) groups is 1. The van der Waals surface area contributed by atoms with Crippen molar-refractivity contribution in [3.8, 4) is 0 Å². The largest absolute Gasteiger partial charge is 0.351 e. The van der Waals surface area contributed by atoms with Crippen molar-refractivity contribution in [1.29, 1.82) is 0 Å². The first kappa shape index (κ1) is 8.21. The van der Waals surface area contributed by atoms with Gasteiger partial charge >= 0.3 is 0 Å². The van der Waals surface area contributed by atoms with E-state index in [1.165, 1.54) is 5.48 Å². The Labute approximate surface area is 66.1 Å². The van der Waals surface area contributed by atoms with Crippen LogP contribution in [-0.4, -0.2) is 21.0 Å². The van der Waals surface area contributed by atoms with E-state index < -0.39 is 10.8 Å². The van der Waals surface area contributed by atoms with Crippen LogP contribution in [0.3, 0.4) is 0 Å². The maximum atomic E-state index is 10.6. The molecule has 1 aromatic rings. The third-order valence-corrected chi connectivity index (χ3v) is 1.22. The Morgan fingerprint density at radius 3 is 2.83 bits per heavy atom. The lowest BCUT2D eigenvalue weighted by Gasteiger charge is -1.90. The molecule has 1 aromatic heterocycles. The van der Waals surface area contributed by atoms with Crippen molar-refractivity contribution in [2.24, 2.45) is 0 Å². The van der Waals surface area contributed by atoms with Crippen LogP contribution in [0.15, 0.2) is 12.3 Å². The number of amides is 1. The predicted molar refractivity (Wildman–Crippen MR) is 36.7 cm³/mol. The molecule has 0 spiro atoms. The Morgan fingerprint density at radius 1 is 1.75 bits per heavy atom. The highest BCUT2D eigenvalue weighted by Gasteiger charge is 2.12. The topological polar surface area (TPSA) is 108 Å². The molecule has 0 aliphatic carbocycles. The van der Waals surface area contributed by atoms with Crippen LogP contribution in [0.25, 0.3) is 0 Å². The summed E-state index contributed by atoms with van der Waals surface area (Å²) in [5, 5.41) is 18.3. The molecule has 0 saturated heterocycles. The van der Waals surface area contributed by atoms with Crippen LogP contribution in [0.2, 0.25) is 0 Å². The predicted octanol–water partition coefficient (Wildman–Crippen LogP) is 0.0419. The quantitative estimate of drug-likeness (QED) is 0.331. The number of nitrogens with one attached hydrogen (secondary N) is 2. The molecule has 0 unspecified atom stereocenters. The van der Waals surface area contributed by atoms with E-state index in [9.17, 15) is 14.9 Å². The first-order valence-corrected chi connectivity index (χ1v) is 2.92. The summed E-state index contributed by atoms with van der Waals surface area (Å²) >= 11 is 0. The van der Waals surface area contributed by atoms with Crippen LogP contribution in [0.1, 0.15) is 10.5 Å². The van der Waals surface area contributed by atoms with Crippen molar-refractivity contribution in [3.63, 3.8) is 0 Å². The zero-order valence-electron chi connectivity index (χ0n) is 5.77. The molecule has 1 rings (SSSR count). The molecule has 1 amide bonds. The van der Waals surface area contributed by atoms with E-state index in [4.69, 9.17) is 5.21 Å². The smallest absolute Gasteiger partial charge is 0.291 e. The Morgan fingerprint density at radius 2 is 2.42 bits per heavy atom. The van der Waals surface area contributed by atoms with Gasteiger partial charge in [0.2, 0.25) is 0 Å². The third-order valence-electron chi connectivity index (χ3n) is 1.22. The lowest BCUT2D eigenvalue weighted by atomic mass is 10.4. The van der Waals surface area contributed by atoms with Gasteiger partial charge in [-0.15, -0.1) is 0 Å². The Kier molecular flexibility index (Phi) is 2.06. The molecule has 3 N–H and O–H groups in total. The lowest BCUT2D eigenvalue weighted by molar-refractivity contribution is -0.384. The number of H-pyrrole nitrogens is 1. The Bertz CT molecular complexity index is 318. The number of hydroxylamine groups is 1. The fourth-order valence-electron chi connectivity index (χ4n) is 0.680. The van der Waals surface area contributed by atoms with Gasteiger partial charge in [-0.1, -0.05) is 0 Å². The lowest BCUT2D eigenvalue weighted by Crippen LogP contribution is -2.18. The fraction of sp³-hybridized carbons (Fsp3) is 0. The number of nitrogens with zero attached hydrogens (tertiary/aromatic N) is 1. The van der Waals surface area contributed by atoms with Gasteiger partial charge < -0.3 is 4.98 Å². The van der Waals surface area contributed by atoms with Gasteiger partial charge in [0, 0.05) is 6.07 Å². The number of rotatable bonds is 2. The van der Waals surface area contributed by atoms with Crippen molar-refractivity contribution in [2.45, 2.75) is 0 Å². The summed E-state index contributed by atoms with van der Waals surface area (Å²) in [6.07, 6.45) is 1.06. The third kappa shape index (κ3) is 1.40. The summed E-state index contributed by atoms with van der Waals surface area (Å²) in [6, 6.07) is 1.02. The summed E-state index contributed by atoms with van der Waals surface area (Å²) in [5.41, 5.74) is 1.05. The van der Waals surface area contributed by atoms with E-state index in [0.29, 0.717) is 0 Å². The van der Waals surface area contributed by atoms with E-state index in [1.54, 1.807) is 0 Å². The van der Waals surface area contributed by atoms with Crippen LogP contribution in [0.5, 0.6) is 0 Å². The Hall–Kier alpha value is -1.89. The van der Waals surface area contributed by atoms with E-state index in [1.807, 2.05) is 0 Å². The zero-order valence-corrected chi connectivity index (χ0v) is 5.77. The monoisotopic (exact) mass is 171 g/mol. The summed E-state index contributed by atoms with van der Waals surface area (Å²) in [5.74, 6) is -0.817. The van der Waals surface area contributed by atoms with Gasteiger partial charge in [0.25, 0.3) is 11.6 Å². The standard InChI is InChI=1S/C5H5N3O4/c9-5(7-10)4-1-3(2-6-4)8(11)12/h1-2,6,10H,(H,7,9). The first-order valence-electron chi connectivity index (χ1n) is 2.92. The molecule has 0 radical (unpaired) electrons. The second-order valence-corrected chi connectivity index (χ2v) is 1.97. The van der Waals surface area contributed by atoms with Crippen molar-refractivity contribution >= 4 is 11.6 Å². The number of hydrogen-bond donors (Lipinski definition) is 3. The molecule has 0 aliphatic heterocycles. The van der Waals surface area contributed by atoms with E-state index in [2.05, 4.69) is 4.98 Å². The summed E-state index contributed by atoms with van der Waals surface area (Å²) in [4.78, 5) is 22.4. The van der Waals surface area contributed by atoms with Crippen LogP contribution in [0, 0.1) is 10.1 Å². The van der Waals surface area contributed by atoms with Crippen LogP contribution in [0.4, 0.5) is 5.69 Å². The molecule has 0 bridgehead atoms. The maximum absolute atomic E-state index is 10.6. The van der Waals surface area contributed by atoms with Crippen molar-refractivity contribution in [1.82, 2.24) is 10.5 Å². The van der Waals surface area contributed by atoms with Crippen molar-refractivity contribution in [2.75, 3.05) is 0 Å². The molecule has 0 atom stereocenters. The van der Waals surface area contributed by atoms with Gasteiger partial charge in [-0.3, -0.25) is 20.1 Å². The molecule has 7 nitrogen and oxygen atoms in total. The summed E-state index contributed by atoms with van der Waals surface area (Å²) in [7, 11) is 0. The van der Waals surface area contributed by atoms with Crippen LogP contribution >= 0.6 is 0 Å². The van der Waals surface area contributed by atoms with E-state index in [0.717, 1.165) is 12.3 Å². The highest BCUT2D eigenvalue weighted by Crippen LogP contribution is 2.11. The highest BCUT2D eigenvalue weighted by molar-refractivity contribution is 5.92. The fourth-order valence-corrected chi connectivity index (χ4v) is 0.680. The molecule has 12 heavy (non-hydrogen) atoms. The maximum Gasteiger partial charge on any atom is 0.291 e. The van der Waals surface area contributed by atoms with Crippen molar-refractivity contribution < 1.29 is 14.9 Å². The number of carbonyl (C=O) groups excluding carboxylic acids is 1.